The molecule has 0 fully saturated rings. The molecule has 0 spiro atoms. The number of esters is 1. The van der Waals surface area contributed by atoms with Crippen LogP contribution in [0.3, 0.4) is 0 Å². The molecule has 0 N–H and O–H groups in total. The minimum absolute atomic E-state index is 0.0384. The lowest BCUT2D eigenvalue weighted by Crippen LogP contribution is -2.07. The molecule has 20 heavy (non-hydrogen) atoms. The maximum absolute atomic E-state index is 11.8. The van der Waals surface area contributed by atoms with Crippen LogP contribution in [0, 0.1) is 11.3 Å². The third-order valence-corrected chi connectivity index (χ3v) is 3.10. The summed E-state index contributed by atoms with van der Waals surface area (Å²) in [6, 6.07) is 11.4. The van der Waals surface area contributed by atoms with Gasteiger partial charge in [0.1, 0.15) is 11.6 Å². The van der Waals surface area contributed by atoms with E-state index in [-0.39, 0.29) is 5.57 Å². The summed E-state index contributed by atoms with van der Waals surface area (Å²) >= 11 is 0. The third kappa shape index (κ3) is 2.86. The maximum Gasteiger partial charge on any atom is 0.349 e. The van der Waals surface area contributed by atoms with Crippen LogP contribution in [-0.4, -0.2) is 13.1 Å². The number of nitrogens with zero attached hydrogens (tertiary/aromatic N) is 1. The number of allylic oxidation sites excluding steroid dienone is 5. The molecule has 0 aromatic heterocycles. The average molecular weight is 265 g/mol. The topological polar surface area (TPSA) is 50.1 Å². The Kier molecular flexibility index (Phi) is 4.52. The number of carbonyl (C=O) groups is 1. The van der Waals surface area contributed by atoms with Crippen molar-refractivity contribution >= 4 is 11.5 Å². The molecular formula is C17H15NO2. The number of hydrogen-bond donors (Lipinski definition) is 0. The van der Waals surface area contributed by atoms with Crippen LogP contribution in [-0.2, 0) is 9.53 Å². The van der Waals surface area contributed by atoms with Gasteiger partial charge in [-0.1, -0.05) is 48.6 Å². The minimum Gasteiger partial charge on any atom is -0.465 e. The first kappa shape index (κ1) is 13.8. The van der Waals surface area contributed by atoms with Crippen molar-refractivity contribution < 1.29 is 9.53 Å². The van der Waals surface area contributed by atoms with Crippen molar-refractivity contribution in [2.75, 3.05) is 7.11 Å². The lowest BCUT2D eigenvalue weighted by Gasteiger charge is -2.14. The quantitative estimate of drug-likeness (QED) is 0.478. The number of benzene rings is 1. The molecule has 1 aliphatic carbocycles. The van der Waals surface area contributed by atoms with E-state index in [9.17, 15) is 10.1 Å². The standard InChI is InChI=1S/C17H15NO2/c1-20-17(19)15(12-18)16(13-8-4-2-5-9-13)14-10-6-3-7-11-14/h2,4-6,8-11H,3,7H2,1H3/b16-15-. The SMILES string of the molecule is COC(=O)/C(C#N)=C(\C1=CCCC=C1)c1ccccc1. The summed E-state index contributed by atoms with van der Waals surface area (Å²) in [5.41, 5.74) is 2.41. The molecule has 0 aliphatic heterocycles. The van der Waals surface area contributed by atoms with Gasteiger partial charge < -0.3 is 4.74 Å². The van der Waals surface area contributed by atoms with Crippen LogP contribution in [0.5, 0.6) is 0 Å². The number of rotatable bonds is 3. The summed E-state index contributed by atoms with van der Waals surface area (Å²) in [4.78, 5) is 11.8. The second-order valence-corrected chi connectivity index (χ2v) is 4.36. The van der Waals surface area contributed by atoms with E-state index in [1.54, 1.807) is 0 Å². The van der Waals surface area contributed by atoms with Gasteiger partial charge in [0.2, 0.25) is 0 Å². The first-order valence-corrected chi connectivity index (χ1v) is 6.43. The first-order chi connectivity index (χ1) is 9.77. The normalized spacial score (nSPS) is 14.9. The van der Waals surface area contributed by atoms with Gasteiger partial charge in [0.25, 0.3) is 0 Å². The van der Waals surface area contributed by atoms with Crippen LogP contribution >= 0.6 is 0 Å². The molecular weight excluding hydrogens is 250 g/mol. The Bertz CT molecular complexity index is 631. The van der Waals surface area contributed by atoms with Crippen LogP contribution in [0.1, 0.15) is 18.4 Å². The maximum atomic E-state index is 11.8. The van der Waals surface area contributed by atoms with Crippen LogP contribution < -0.4 is 0 Å². The van der Waals surface area contributed by atoms with Crippen molar-refractivity contribution in [2.24, 2.45) is 0 Å². The van der Waals surface area contributed by atoms with E-state index in [0.717, 1.165) is 24.0 Å². The van der Waals surface area contributed by atoms with E-state index in [1.165, 1.54) is 7.11 Å². The number of nitriles is 1. The summed E-state index contributed by atoms with van der Waals surface area (Å²) in [6.45, 7) is 0. The first-order valence-electron chi connectivity index (χ1n) is 6.43. The molecule has 2 rings (SSSR count). The molecule has 0 heterocycles. The van der Waals surface area contributed by atoms with E-state index < -0.39 is 5.97 Å². The smallest absolute Gasteiger partial charge is 0.349 e. The van der Waals surface area contributed by atoms with Gasteiger partial charge >= 0.3 is 5.97 Å². The largest absolute Gasteiger partial charge is 0.465 e. The molecule has 0 bridgehead atoms. The second kappa shape index (κ2) is 6.53. The van der Waals surface area contributed by atoms with Gasteiger partial charge in [-0.2, -0.15) is 5.26 Å². The highest BCUT2D eigenvalue weighted by Gasteiger charge is 2.20. The van der Waals surface area contributed by atoms with Crippen molar-refractivity contribution in [3.05, 3.63) is 65.3 Å². The molecule has 0 saturated carbocycles. The van der Waals surface area contributed by atoms with E-state index in [0.29, 0.717) is 5.57 Å². The molecule has 1 aromatic rings. The van der Waals surface area contributed by atoms with E-state index in [4.69, 9.17) is 4.74 Å². The zero-order valence-corrected chi connectivity index (χ0v) is 11.3. The molecule has 100 valence electrons. The number of methoxy groups -OCH3 is 1. The lowest BCUT2D eigenvalue weighted by atomic mass is 9.90. The second-order valence-electron chi connectivity index (χ2n) is 4.36. The summed E-state index contributed by atoms with van der Waals surface area (Å²) in [5, 5.41) is 9.33. The highest BCUT2D eigenvalue weighted by Crippen LogP contribution is 2.30. The van der Waals surface area contributed by atoms with Crippen LogP contribution in [0.4, 0.5) is 0 Å². The Hall–Kier alpha value is -2.60. The Morgan fingerprint density at radius 2 is 2.00 bits per heavy atom. The fourth-order valence-corrected chi connectivity index (χ4v) is 2.16. The molecule has 0 radical (unpaired) electrons. The number of hydrogen-bond acceptors (Lipinski definition) is 3. The van der Waals surface area contributed by atoms with Crippen molar-refractivity contribution in [2.45, 2.75) is 12.8 Å². The highest BCUT2D eigenvalue weighted by molar-refractivity contribution is 6.05. The van der Waals surface area contributed by atoms with Crippen molar-refractivity contribution in [1.29, 1.82) is 5.26 Å². The van der Waals surface area contributed by atoms with E-state index in [2.05, 4.69) is 0 Å². The molecule has 0 atom stereocenters. The molecule has 1 aliphatic rings. The lowest BCUT2D eigenvalue weighted by molar-refractivity contribution is -0.135. The summed E-state index contributed by atoms with van der Waals surface area (Å²) in [7, 11) is 1.29. The van der Waals surface area contributed by atoms with Crippen LogP contribution in [0.25, 0.3) is 5.57 Å². The van der Waals surface area contributed by atoms with E-state index >= 15 is 0 Å². The molecule has 3 nitrogen and oxygen atoms in total. The zero-order valence-electron chi connectivity index (χ0n) is 11.3. The summed E-state index contributed by atoms with van der Waals surface area (Å²) < 4.78 is 4.73. The fourth-order valence-electron chi connectivity index (χ4n) is 2.16. The van der Waals surface area contributed by atoms with Crippen molar-refractivity contribution in [3.63, 3.8) is 0 Å². The average Bonchev–Trinajstić information content (AvgIpc) is 2.53. The van der Waals surface area contributed by atoms with Crippen LogP contribution in [0.2, 0.25) is 0 Å². The van der Waals surface area contributed by atoms with Gasteiger partial charge in [-0.3, -0.25) is 0 Å². The van der Waals surface area contributed by atoms with Gasteiger partial charge in [0.05, 0.1) is 7.11 Å². The zero-order chi connectivity index (χ0) is 14.4. The Morgan fingerprint density at radius 1 is 1.25 bits per heavy atom. The molecule has 1 aromatic carbocycles. The predicted octanol–water partition coefficient (Wildman–Crippen LogP) is 3.41. The van der Waals surface area contributed by atoms with E-state index in [1.807, 2.05) is 54.6 Å². The molecule has 0 saturated heterocycles. The Morgan fingerprint density at radius 3 is 2.55 bits per heavy atom. The molecule has 3 heteroatoms. The van der Waals surface area contributed by atoms with Gasteiger partial charge in [-0.05, 0) is 24.0 Å². The molecule has 0 amide bonds. The number of carbonyl (C=O) groups excluding carboxylic acids is 1. The van der Waals surface area contributed by atoms with Gasteiger partial charge in [-0.25, -0.2) is 4.79 Å². The highest BCUT2D eigenvalue weighted by atomic mass is 16.5. The van der Waals surface area contributed by atoms with Gasteiger partial charge in [-0.15, -0.1) is 0 Å². The van der Waals surface area contributed by atoms with Crippen LogP contribution in [0.15, 0.2) is 59.7 Å². The molecule has 0 unspecified atom stereocenters. The van der Waals surface area contributed by atoms with Crippen molar-refractivity contribution in [3.8, 4) is 6.07 Å². The fraction of sp³-hybridized carbons (Fsp3) is 0.176. The Balaban J connectivity index is 2.64. The summed E-state index contributed by atoms with van der Waals surface area (Å²) in [5.74, 6) is -0.605. The predicted molar refractivity (Wildman–Crippen MR) is 77.4 cm³/mol. The Labute approximate surface area is 118 Å². The number of ether oxygens (including phenoxy) is 1. The van der Waals surface area contributed by atoms with Crippen molar-refractivity contribution in [1.82, 2.24) is 0 Å². The minimum atomic E-state index is -0.605. The third-order valence-electron chi connectivity index (χ3n) is 3.10. The monoisotopic (exact) mass is 265 g/mol. The van der Waals surface area contributed by atoms with Gasteiger partial charge in [0.15, 0.2) is 0 Å². The summed E-state index contributed by atoms with van der Waals surface area (Å²) in [6.07, 6.45) is 7.92. The van der Waals surface area contributed by atoms with Gasteiger partial charge in [0, 0.05) is 5.57 Å².